The Morgan fingerprint density at radius 1 is 0.870 bits per heavy atom. The van der Waals surface area contributed by atoms with Crippen LogP contribution in [0.4, 0.5) is 5.69 Å². The Balaban J connectivity index is 1.79. The Bertz CT molecular complexity index is 733. The van der Waals surface area contributed by atoms with Crippen LogP contribution in [0, 0.1) is 0 Å². The topological polar surface area (TPSA) is 9.72 Å². The lowest BCUT2D eigenvalue weighted by molar-refractivity contribution is 0.0923. The van der Waals surface area contributed by atoms with Crippen LogP contribution in [0.15, 0.2) is 48.5 Å². The summed E-state index contributed by atoms with van der Waals surface area (Å²) in [5.41, 5.74) is 2.23. The summed E-state index contributed by atoms with van der Waals surface area (Å²) >= 11 is 17.8. The van der Waals surface area contributed by atoms with Crippen molar-refractivity contribution in [1.29, 1.82) is 0 Å². The van der Waals surface area contributed by atoms with E-state index in [1.165, 1.54) is 5.56 Å². The van der Waals surface area contributed by atoms with Crippen LogP contribution in [0.1, 0.15) is 18.2 Å². The fraction of sp³-hybridized carbons (Fsp3) is 0.235. The van der Waals surface area contributed by atoms with Gasteiger partial charge in [0.25, 0.3) is 0 Å². The molecule has 1 unspecified atom stereocenters. The number of fused-ring (bicyclic) bond motifs is 1. The first-order valence-electron chi connectivity index (χ1n) is 7.53. The van der Waals surface area contributed by atoms with Crippen molar-refractivity contribution < 1.29 is 0 Å². The van der Waals surface area contributed by atoms with Gasteiger partial charge < -0.3 is 0 Å². The molecule has 2 aromatic rings. The minimum absolute atomic E-state index is 0.0587. The Labute approximate surface area is 151 Å². The summed E-state index contributed by atoms with van der Waals surface area (Å²) in [6, 6.07) is 15.8. The molecule has 0 aliphatic carbocycles. The summed E-state index contributed by atoms with van der Waals surface area (Å²) < 4.78 is 0. The van der Waals surface area contributed by atoms with Gasteiger partial charge in [-0.1, -0.05) is 35.3 Å². The number of nitrogens with zero attached hydrogens (tertiary/aromatic N) is 3. The molecule has 3 nitrogen and oxygen atoms in total. The molecule has 23 heavy (non-hydrogen) atoms. The van der Waals surface area contributed by atoms with Crippen molar-refractivity contribution in [2.75, 3.05) is 18.0 Å². The molecule has 2 fully saturated rings. The molecule has 1 atom stereocenters. The van der Waals surface area contributed by atoms with E-state index < -0.39 is 0 Å². The molecule has 2 aliphatic rings. The van der Waals surface area contributed by atoms with Crippen LogP contribution >= 0.6 is 35.4 Å². The summed E-state index contributed by atoms with van der Waals surface area (Å²) in [5, 5.41) is 6.83. The number of hydrogen-bond donors (Lipinski definition) is 0. The van der Waals surface area contributed by atoms with Crippen LogP contribution in [0.3, 0.4) is 0 Å². The van der Waals surface area contributed by atoms with E-state index in [9.17, 15) is 0 Å². The molecule has 4 rings (SSSR count). The first-order valence-corrected chi connectivity index (χ1v) is 8.70. The van der Waals surface area contributed by atoms with E-state index in [4.69, 9.17) is 35.4 Å². The van der Waals surface area contributed by atoms with Gasteiger partial charge in [0.05, 0.1) is 0 Å². The number of hydrazine groups is 1. The second-order valence-electron chi connectivity index (χ2n) is 5.69. The molecule has 0 bridgehead atoms. The van der Waals surface area contributed by atoms with Crippen molar-refractivity contribution in [3.8, 4) is 0 Å². The third-order valence-electron chi connectivity index (χ3n) is 4.29. The van der Waals surface area contributed by atoms with Crippen LogP contribution in [0.25, 0.3) is 0 Å². The SMILES string of the molecule is S=C1N(c2ccc(Cl)cc2)C(c2ccc(Cl)cc2)N2CCCN12. The highest BCUT2D eigenvalue weighted by Crippen LogP contribution is 2.40. The van der Waals surface area contributed by atoms with Crippen LogP contribution in [-0.2, 0) is 0 Å². The van der Waals surface area contributed by atoms with Crippen molar-refractivity contribution in [2.45, 2.75) is 12.6 Å². The average molecular weight is 364 g/mol. The van der Waals surface area contributed by atoms with Gasteiger partial charge in [-0.25, -0.2) is 0 Å². The van der Waals surface area contributed by atoms with E-state index >= 15 is 0 Å². The minimum atomic E-state index is 0.0587. The molecule has 0 saturated carbocycles. The molecule has 2 aliphatic heterocycles. The molecule has 0 aromatic heterocycles. The fourth-order valence-corrected chi connectivity index (χ4v) is 3.92. The lowest BCUT2D eigenvalue weighted by atomic mass is 10.1. The van der Waals surface area contributed by atoms with Gasteiger partial charge in [-0.05, 0) is 60.6 Å². The van der Waals surface area contributed by atoms with Crippen LogP contribution < -0.4 is 4.90 Å². The Hall–Kier alpha value is -1.33. The van der Waals surface area contributed by atoms with Gasteiger partial charge in [0.2, 0.25) is 0 Å². The van der Waals surface area contributed by atoms with Crippen molar-refractivity contribution in [1.82, 2.24) is 10.0 Å². The highest BCUT2D eigenvalue weighted by molar-refractivity contribution is 7.80. The van der Waals surface area contributed by atoms with Gasteiger partial charge in [0.1, 0.15) is 6.17 Å². The summed E-state index contributed by atoms with van der Waals surface area (Å²) in [5.74, 6) is 0. The highest BCUT2D eigenvalue weighted by atomic mass is 35.5. The van der Waals surface area contributed by atoms with Gasteiger partial charge >= 0.3 is 0 Å². The maximum absolute atomic E-state index is 6.05. The average Bonchev–Trinajstić information content (AvgIpc) is 3.12. The number of halogens is 2. The summed E-state index contributed by atoms with van der Waals surface area (Å²) in [6.45, 7) is 1.96. The number of benzene rings is 2. The number of hydrogen-bond acceptors (Lipinski definition) is 2. The first-order chi connectivity index (χ1) is 11.1. The predicted molar refractivity (Wildman–Crippen MR) is 98.8 cm³/mol. The zero-order chi connectivity index (χ0) is 16.0. The minimum Gasteiger partial charge on any atom is -0.296 e. The van der Waals surface area contributed by atoms with Crippen molar-refractivity contribution in [3.63, 3.8) is 0 Å². The van der Waals surface area contributed by atoms with Gasteiger partial charge in [-0.2, -0.15) is 5.01 Å². The van der Waals surface area contributed by atoms with Crippen molar-refractivity contribution >= 4 is 46.2 Å². The van der Waals surface area contributed by atoms with Gasteiger partial charge in [0.15, 0.2) is 5.11 Å². The van der Waals surface area contributed by atoms with E-state index in [2.05, 4.69) is 27.1 Å². The zero-order valence-electron chi connectivity index (χ0n) is 12.3. The molecule has 0 N–H and O–H groups in total. The van der Waals surface area contributed by atoms with Gasteiger partial charge in [-0.15, -0.1) is 0 Å². The van der Waals surface area contributed by atoms with Crippen molar-refractivity contribution in [2.24, 2.45) is 0 Å². The quantitative estimate of drug-likeness (QED) is 0.713. The zero-order valence-corrected chi connectivity index (χ0v) is 14.7. The molecule has 2 aromatic carbocycles. The van der Waals surface area contributed by atoms with Gasteiger partial charge in [-0.3, -0.25) is 9.91 Å². The molecule has 0 amide bonds. The van der Waals surface area contributed by atoms with E-state index in [1.807, 2.05) is 36.4 Å². The Morgan fingerprint density at radius 2 is 1.48 bits per heavy atom. The van der Waals surface area contributed by atoms with Crippen LogP contribution in [0.2, 0.25) is 10.0 Å². The normalized spacial score (nSPS) is 21.1. The van der Waals surface area contributed by atoms with Crippen LogP contribution in [-0.4, -0.2) is 28.2 Å². The molecular formula is C17H15Cl2N3S. The summed E-state index contributed by atoms with van der Waals surface area (Å²) in [4.78, 5) is 2.19. The molecule has 0 radical (unpaired) electrons. The monoisotopic (exact) mass is 363 g/mol. The number of anilines is 1. The molecule has 118 valence electrons. The summed E-state index contributed by atoms with van der Waals surface area (Å²) in [7, 11) is 0. The lowest BCUT2D eigenvalue weighted by Gasteiger charge is -2.28. The molecule has 2 saturated heterocycles. The molecule has 0 spiro atoms. The predicted octanol–water partition coefficient (Wildman–Crippen LogP) is 4.72. The molecule has 6 heteroatoms. The summed E-state index contributed by atoms with van der Waals surface area (Å²) in [6.07, 6.45) is 1.18. The molecule has 2 heterocycles. The highest BCUT2D eigenvalue weighted by Gasteiger charge is 2.45. The van der Waals surface area contributed by atoms with Crippen molar-refractivity contribution in [3.05, 3.63) is 64.1 Å². The number of thiocarbonyl (C=S) groups is 1. The maximum atomic E-state index is 6.05. The fourth-order valence-electron chi connectivity index (χ4n) is 3.26. The first kappa shape index (κ1) is 15.2. The lowest BCUT2D eigenvalue weighted by Crippen LogP contribution is -2.32. The van der Waals surface area contributed by atoms with E-state index in [0.29, 0.717) is 0 Å². The largest absolute Gasteiger partial charge is 0.296 e. The Kier molecular flexibility index (Phi) is 3.93. The van der Waals surface area contributed by atoms with E-state index in [0.717, 1.165) is 40.4 Å². The van der Waals surface area contributed by atoms with E-state index in [-0.39, 0.29) is 6.17 Å². The third-order valence-corrected chi connectivity index (χ3v) is 5.21. The second-order valence-corrected chi connectivity index (χ2v) is 6.93. The third kappa shape index (κ3) is 2.60. The Morgan fingerprint density at radius 3 is 2.13 bits per heavy atom. The number of rotatable bonds is 2. The standard InChI is InChI=1S/C17H15Cl2N3S/c18-13-4-2-12(3-5-13)16-20-10-1-11-21(20)17(23)22(16)15-8-6-14(19)7-9-15/h2-9,16H,1,10-11H2. The maximum Gasteiger partial charge on any atom is 0.192 e. The molecular weight excluding hydrogens is 349 g/mol. The van der Waals surface area contributed by atoms with Crippen LogP contribution in [0.5, 0.6) is 0 Å². The van der Waals surface area contributed by atoms with E-state index in [1.54, 1.807) is 0 Å². The van der Waals surface area contributed by atoms with Gasteiger partial charge in [0, 0.05) is 28.8 Å². The second kappa shape index (κ2) is 5.95. The smallest absolute Gasteiger partial charge is 0.192 e.